The number of pyridine rings is 1. The molecular formula is C33H46N2O5. The maximum atomic E-state index is 13.9. The molecule has 1 aromatic carbocycles. The van der Waals surface area contributed by atoms with Gasteiger partial charge >= 0.3 is 0 Å². The molecule has 0 spiro atoms. The van der Waals surface area contributed by atoms with E-state index in [0.717, 1.165) is 41.4 Å². The van der Waals surface area contributed by atoms with Crippen LogP contribution in [0.25, 0.3) is 10.9 Å². The van der Waals surface area contributed by atoms with Gasteiger partial charge in [0.25, 0.3) is 0 Å². The van der Waals surface area contributed by atoms with Crippen LogP contribution in [-0.4, -0.2) is 50.8 Å². The van der Waals surface area contributed by atoms with Crippen LogP contribution in [0.15, 0.2) is 48.0 Å². The van der Waals surface area contributed by atoms with E-state index in [1.807, 2.05) is 63.2 Å². The van der Waals surface area contributed by atoms with E-state index in [1.54, 1.807) is 13.8 Å². The second-order valence-electron chi connectivity index (χ2n) is 13.0. The summed E-state index contributed by atoms with van der Waals surface area (Å²) in [5.74, 6) is -1.33. The minimum Gasteiger partial charge on any atom is -0.392 e. The lowest BCUT2D eigenvalue weighted by atomic mass is 9.71. The number of benzene rings is 1. The summed E-state index contributed by atoms with van der Waals surface area (Å²) in [6.07, 6.45) is 3.06. The van der Waals surface area contributed by atoms with E-state index in [1.165, 1.54) is 0 Å². The van der Waals surface area contributed by atoms with E-state index >= 15 is 0 Å². The van der Waals surface area contributed by atoms with Crippen LogP contribution in [0.5, 0.6) is 0 Å². The highest BCUT2D eigenvalue weighted by Crippen LogP contribution is 2.46. The van der Waals surface area contributed by atoms with Crippen LogP contribution in [-0.2, 0) is 14.3 Å². The molecule has 0 radical (unpaired) electrons. The van der Waals surface area contributed by atoms with Crippen LogP contribution in [0.3, 0.4) is 0 Å². The normalized spacial score (nSPS) is 33.6. The summed E-state index contributed by atoms with van der Waals surface area (Å²) in [5, 5.41) is 26.7. The third kappa shape index (κ3) is 6.81. The number of allylic oxidation sites excluding steroid dienone is 2. The zero-order valence-electron chi connectivity index (χ0n) is 24.8. The van der Waals surface area contributed by atoms with Gasteiger partial charge in [0.05, 0.1) is 53.0 Å². The molecule has 4 rings (SSSR count). The number of hydrogen-bond acceptors (Lipinski definition) is 6. The average Bonchev–Trinajstić information content (AvgIpc) is 3.55. The Hall–Kier alpha value is -2.61. The van der Waals surface area contributed by atoms with Gasteiger partial charge in [0.15, 0.2) is 0 Å². The van der Waals surface area contributed by atoms with Crippen molar-refractivity contribution in [3.63, 3.8) is 0 Å². The van der Waals surface area contributed by atoms with Crippen molar-refractivity contribution in [3.05, 3.63) is 53.7 Å². The lowest BCUT2D eigenvalue weighted by Crippen LogP contribution is -2.47. The van der Waals surface area contributed by atoms with Gasteiger partial charge < -0.3 is 20.3 Å². The number of aliphatic hydroxyl groups is 2. The van der Waals surface area contributed by atoms with Crippen LogP contribution in [0, 0.1) is 17.3 Å². The SMILES string of the molecule is CC(C)=CC[C@H]1C(=O)C(C)(C)[C@@H](O)CC(=O)N[C@H](c2ccc3ccccc3n2)CC2OC2(C)CCC[C@H](C)[C@H]1O. The minimum absolute atomic E-state index is 0.0347. The van der Waals surface area contributed by atoms with E-state index < -0.39 is 29.6 Å². The molecule has 2 aromatic rings. The van der Waals surface area contributed by atoms with Crippen molar-refractivity contribution in [1.82, 2.24) is 10.3 Å². The van der Waals surface area contributed by atoms with Gasteiger partial charge in [-0.2, -0.15) is 0 Å². The Labute approximate surface area is 238 Å². The fraction of sp³-hybridized carbons (Fsp3) is 0.606. The molecule has 7 nitrogen and oxygen atoms in total. The lowest BCUT2D eigenvalue weighted by Gasteiger charge is -2.36. The number of amides is 1. The average molecular weight is 551 g/mol. The quantitative estimate of drug-likeness (QED) is 0.347. The Morgan fingerprint density at radius 2 is 1.85 bits per heavy atom. The van der Waals surface area contributed by atoms with E-state index in [9.17, 15) is 19.8 Å². The first kappa shape index (κ1) is 30.4. The van der Waals surface area contributed by atoms with E-state index in [2.05, 4.69) is 12.2 Å². The highest BCUT2D eigenvalue weighted by molar-refractivity contribution is 5.88. The molecule has 2 fully saturated rings. The summed E-state index contributed by atoms with van der Waals surface area (Å²) in [6, 6.07) is 11.4. The van der Waals surface area contributed by atoms with Crippen LogP contribution < -0.4 is 5.32 Å². The first-order valence-electron chi connectivity index (χ1n) is 14.7. The minimum atomic E-state index is -1.22. The summed E-state index contributed by atoms with van der Waals surface area (Å²) in [5.41, 5.74) is 1.14. The topological polar surface area (TPSA) is 112 Å². The Bertz CT molecular complexity index is 1250. The maximum absolute atomic E-state index is 13.9. The molecule has 218 valence electrons. The van der Waals surface area contributed by atoms with Gasteiger partial charge in [0.2, 0.25) is 5.91 Å². The molecule has 2 aliphatic heterocycles. The molecule has 0 bridgehead atoms. The van der Waals surface area contributed by atoms with Gasteiger partial charge in [0, 0.05) is 17.7 Å². The van der Waals surface area contributed by atoms with E-state index in [-0.39, 0.29) is 35.7 Å². The van der Waals surface area contributed by atoms with Crippen molar-refractivity contribution in [2.45, 2.75) is 110 Å². The lowest BCUT2D eigenvalue weighted by molar-refractivity contribution is -0.144. The molecule has 1 aromatic heterocycles. The molecule has 1 amide bonds. The first-order valence-corrected chi connectivity index (χ1v) is 14.7. The number of hydrogen-bond donors (Lipinski definition) is 3. The Balaban J connectivity index is 1.63. The molecule has 7 heteroatoms. The van der Waals surface area contributed by atoms with Gasteiger partial charge in [-0.05, 0) is 58.1 Å². The Morgan fingerprint density at radius 1 is 1.12 bits per heavy atom. The van der Waals surface area contributed by atoms with Crippen LogP contribution in [0.2, 0.25) is 0 Å². The van der Waals surface area contributed by atoms with Gasteiger partial charge in [-0.25, -0.2) is 0 Å². The van der Waals surface area contributed by atoms with Crippen molar-refractivity contribution < 1.29 is 24.5 Å². The number of epoxide rings is 1. The number of nitrogens with zero attached hydrogens (tertiary/aromatic N) is 1. The number of aliphatic hydroxyl groups excluding tert-OH is 2. The van der Waals surface area contributed by atoms with Crippen molar-refractivity contribution in [2.75, 3.05) is 0 Å². The van der Waals surface area contributed by atoms with Crippen molar-refractivity contribution in [3.8, 4) is 0 Å². The largest absolute Gasteiger partial charge is 0.392 e. The summed E-state index contributed by atoms with van der Waals surface area (Å²) in [4.78, 5) is 32.0. The molecule has 0 aliphatic carbocycles. The molecule has 7 atom stereocenters. The summed E-state index contributed by atoms with van der Waals surface area (Å²) in [6.45, 7) is 11.4. The third-order valence-electron chi connectivity index (χ3n) is 9.09. The number of para-hydroxylation sites is 1. The number of carbonyl (C=O) groups excluding carboxylic acids is 2. The van der Waals surface area contributed by atoms with Gasteiger partial charge in [-0.1, -0.05) is 63.1 Å². The van der Waals surface area contributed by atoms with Gasteiger partial charge in [-0.15, -0.1) is 0 Å². The van der Waals surface area contributed by atoms with Crippen molar-refractivity contribution >= 4 is 22.6 Å². The van der Waals surface area contributed by atoms with E-state index in [4.69, 9.17) is 9.72 Å². The standard InChI is InChI=1S/C33H46N2O5/c1-20(2)13-15-23-30(38)21(3)10-9-17-33(6)28(40-33)18-26(25-16-14-22-11-7-8-12-24(22)34-25)35-29(37)19-27(36)32(4,5)31(23)39/h7-8,11-14,16,21,23,26-28,30,36,38H,9-10,15,17-19H2,1-6H3,(H,35,37)/t21-,23+,26-,27-,28?,30+,33?/m0/s1. The van der Waals surface area contributed by atoms with Crippen molar-refractivity contribution in [1.29, 1.82) is 0 Å². The summed E-state index contributed by atoms with van der Waals surface area (Å²) < 4.78 is 6.17. The van der Waals surface area contributed by atoms with Gasteiger partial charge in [-0.3, -0.25) is 14.6 Å². The molecule has 2 saturated heterocycles. The monoisotopic (exact) mass is 550 g/mol. The van der Waals surface area contributed by atoms with E-state index in [0.29, 0.717) is 12.8 Å². The molecule has 3 heterocycles. The molecule has 2 unspecified atom stereocenters. The number of aromatic nitrogens is 1. The summed E-state index contributed by atoms with van der Waals surface area (Å²) >= 11 is 0. The fourth-order valence-corrected chi connectivity index (χ4v) is 5.98. The zero-order valence-corrected chi connectivity index (χ0v) is 24.8. The molecule has 3 N–H and O–H groups in total. The van der Waals surface area contributed by atoms with Gasteiger partial charge in [0.1, 0.15) is 5.78 Å². The second kappa shape index (κ2) is 12.1. The number of rotatable bonds is 3. The number of ether oxygens (including phenoxy) is 1. The third-order valence-corrected chi connectivity index (χ3v) is 9.09. The highest BCUT2D eigenvalue weighted by atomic mass is 16.6. The second-order valence-corrected chi connectivity index (χ2v) is 13.0. The Morgan fingerprint density at radius 3 is 2.58 bits per heavy atom. The number of Topliss-reactive ketones (excluding diaryl/α,β-unsaturated/α-hetero) is 1. The summed E-state index contributed by atoms with van der Waals surface area (Å²) in [7, 11) is 0. The number of carbonyl (C=O) groups is 2. The van der Waals surface area contributed by atoms with Crippen molar-refractivity contribution in [2.24, 2.45) is 17.3 Å². The number of nitrogens with one attached hydrogen (secondary N) is 1. The zero-order chi connectivity index (χ0) is 29.2. The van der Waals surface area contributed by atoms with Crippen LogP contribution >= 0.6 is 0 Å². The molecule has 40 heavy (non-hydrogen) atoms. The van der Waals surface area contributed by atoms with Crippen LogP contribution in [0.4, 0.5) is 0 Å². The predicted octanol–water partition coefficient (Wildman–Crippen LogP) is 5.44. The smallest absolute Gasteiger partial charge is 0.223 e. The maximum Gasteiger partial charge on any atom is 0.223 e. The van der Waals surface area contributed by atoms with Crippen LogP contribution in [0.1, 0.15) is 91.8 Å². The fourth-order valence-electron chi connectivity index (χ4n) is 5.98. The molecule has 2 aliphatic rings. The number of ketones is 1. The predicted molar refractivity (Wildman–Crippen MR) is 156 cm³/mol. The highest BCUT2D eigenvalue weighted by Gasteiger charge is 2.52. The first-order chi connectivity index (χ1) is 18.8. The molecular weight excluding hydrogens is 504 g/mol. The number of fused-ring (bicyclic) bond motifs is 2. The molecule has 0 saturated carbocycles. The Kier molecular flexibility index (Phi) is 9.18.